The van der Waals surface area contributed by atoms with Gasteiger partial charge in [-0.05, 0) is 24.6 Å². The highest BCUT2D eigenvalue weighted by Gasteiger charge is 2.17. The number of aromatic amines is 1. The number of carboxylic acids is 1. The van der Waals surface area contributed by atoms with Crippen LogP contribution in [0.5, 0.6) is 0 Å². The Balaban J connectivity index is 1.73. The maximum atomic E-state index is 12.1. The fourth-order valence-corrected chi connectivity index (χ4v) is 4.01. The number of thioether (sulfide) groups is 1. The number of H-pyrrole nitrogens is 1. The Morgan fingerprint density at radius 1 is 1.42 bits per heavy atom. The van der Waals surface area contributed by atoms with Gasteiger partial charge in [0, 0.05) is 16.1 Å². The van der Waals surface area contributed by atoms with E-state index in [9.17, 15) is 14.4 Å². The Labute approximate surface area is 160 Å². The molecule has 0 saturated heterocycles. The average Bonchev–Trinajstić information content (AvgIpc) is 3.01. The number of carbonyl (C=O) groups is 2. The van der Waals surface area contributed by atoms with Gasteiger partial charge in [-0.1, -0.05) is 29.4 Å². The first-order valence-corrected chi connectivity index (χ1v) is 9.53. The number of carbonyl (C=O) groups excluding carboxylic acids is 1. The highest BCUT2D eigenvalue weighted by Crippen LogP contribution is 2.24. The third-order valence-corrected chi connectivity index (χ3v) is 5.45. The molecule has 10 heteroatoms. The molecule has 3 rings (SSSR count). The average molecular weight is 410 g/mol. The van der Waals surface area contributed by atoms with Crippen molar-refractivity contribution in [1.29, 1.82) is 0 Å². The van der Waals surface area contributed by atoms with Crippen molar-refractivity contribution in [2.45, 2.75) is 12.1 Å². The minimum Gasteiger partial charge on any atom is -0.478 e. The number of rotatable bonds is 5. The fourth-order valence-electron chi connectivity index (χ4n) is 2.20. The Morgan fingerprint density at radius 3 is 2.92 bits per heavy atom. The van der Waals surface area contributed by atoms with Crippen LogP contribution < -0.4 is 10.9 Å². The molecular formula is C16H12ClN3O4S2. The summed E-state index contributed by atoms with van der Waals surface area (Å²) < 4.78 is 0. The molecule has 0 spiro atoms. The van der Waals surface area contributed by atoms with Crippen LogP contribution in [0.2, 0.25) is 5.02 Å². The van der Waals surface area contributed by atoms with Crippen molar-refractivity contribution in [2.24, 2.45) is 0 Å². The lowest BCUT2D eigenvalue weighted by molar-refractivity contribution is -0.113. The second-order valence-electron chi connectivity index (χ2n) is 5.30. The molecule has 0 aliphatic heterocycles. The molecule has 0 aliphatic carbocycles. The SMILES string of the molecule is Cc1ccc(Cl)cc1NC(=O)CSc1nc2scc(C(=O)O)c2c(=O)[nH]1. The van der Waals surface area contributed by atoms with E-state index in [0.717, 1.165) is 28.7 Å². The molecule has 0 radical (unpaired) electrons. The summed E-state index contributed by atoms with van der Waals surface area (Å²) in [4.78, 5) is 42.4. The fraction of sp³-hybridized carbons (Fsp3) is 0.125. The molecule has 2 aromatic heterocycles. The number of aromatic carboxylic acids is 1. The predicted molar refractivity (Wildman–Crippen MR) is 103 cm³/mol. The van der Waals surface area contributed by atoms with Crippen molar-refractivity contribution < 1.29 is 14.7 Å². The van der Waals surface area contributed by atoms with Gasteiger partial charge in [-0.3, -0.25) is 9.59 Å². The number of anilines is 1. The van der Waals surface area contributed by atoms with Crippen LogP contribution in [0.25, 0.3) is 10.2 Å². The molecule has 7 nitrogen and oxygen atoms in total. The first-order valence-electron chi connectivity index (χ1n) is 7.29. The Bertz CT molecular complexity index is 1080. The van der Waals surface area contributed by atoms with Gasteiger partial charge in [0.05, 0.1) is 16.7 Å². The largest absolute Gasteiger partial charge is 0.478 e. The number of halogens is 1. The Morgan fingerprint density at radius 2 is 2.19 bits per heavy atom. The number of benzene rings is 1. The molecule has 3 N–H and O–H groups in total. The molecule has 0 atom stereocenters. The zero-order valence-electron chi connectivity index (χ0n) is 13.3. The van der Waals surface area contributed by atoms with Gasteiger partial charge in [0.15, 0.2) is 5.16 Å². The molecule has 0 saturated carbocycles. The molecule has 134 valence electrons. The molecule has 0 aliphatic rings. The number of carboxylic acid groups (broad SMARTS) is 1. The maximum Gasteiger partial charge on any atom is 0.337 e. The summed E-state index contributed by atoms with van der Waals surface area (Å²) in [5, 5.41) is 14.0. The van der Waals surface area contributed by atoms with Crippen LogP contribution in [-0.4, -0.2) is 32.7 Å². The number of nitrogens with zero attached hydrogens (tertiary/aromatic N) is 1. The summed E-state index contributed by atoms with van der Waals surface area (Å²) in [5.74, 6) is -1.43. The first-order chi connectivity index (χ1) is 12.3. The summed E-state index contributed by atoms with van der Waals surface area (Å²) in [7, 11) is 0. The maximum absolute atomic E-state index is 12.1. The van der Waals surface area contributed by atoms with Crippen molar-refractivity contribution in [2.75, 3.05) is 11.1 Å². The van der Waals surface area contributed by atoms with Gasteiger partial charge < -0.3 is 15.4 Å². The smallest absolute Gasteiger partial charge is 0.337 e. The summed E-state index contributed by atoms with van der Waals surface area (Å²) in [6.45, 7) is 1.85. The topological polar surface area (TPSA) is 112 Å². The minimum atomic E-state index is -1.18. The number of amides is 1. The summed E-state index contributed by atoms with van der Waals surface area (Å²) in [6, 6.07) is 5.19. The Hall–Kier alpha value is -2.36. The lowest BCUT2D eigenvalue weighted by atomic mass is 10.2. The van der Waals surface area contributed by atoms with Crippen molar-refractivity contribution in [3.8, 4) is 0 Å². The van der Waals surface area contributed by atoms with Crippen LogP contribution in [0.3, 0.4) is 0 Å². The second-order valence-corrected chi connectivity index (χ2v) is 7.56. The predicted octanol–water partition coefficient (Wildman–Crippen LogP) is 3.38. The molecular weight excluding hydrogens is 398 g/mol. The molecule has 0 unspecified atom stereocenters. The molecule has 26 heavy (non-hydrogen) atoms. The number of aryl methyl sites for hydroxylation is 1. The second kappa shape index (κ2) is 7.48. The van der Waals surface area contributed by atoms with Gasteiger partial charge in [-0.25, -0.2) is 9.78 Å². The van der Waals surface area contributed by atoms with Crippen LogP contribution >= 0.6 is 34.7 Å². The first kappa shape index (κ1) is 18.4. The van der Waals surface area contributed by atoms with Crippen LogP contribution in [0, 0.1) is 6.92 Å². The highest BCUT2D eigenvalue weighted by molar-refractivity contribution is 7.99. The summed E-state index contributed by atoms with van der Waals surface area (Å²) >= 11 is 8.05. The number of hydrogen-bond acceptors (Lipinski definition) is 6. The van der Waals surface area contributed by atoms with Gasteiger partial charge in [0.2, 0.25) is 5.91 Å². The van der Waals surface area contributed by atoms with E-state index in [1.54, 1.807) is 18.2 Å². The third-order valence-electron chi connectivity index (χ3n) is 3.47. The zero-order chi connectivity index (χ0) is 18.8. The molecule has 1 aromatic carbocycles. The minimum absolute atomic E-state index is 0.0254. The van der Waals surface area contributed by atoms with Crippen molar-refractivity contribution in [3.05, 3.63) is 50.1 Å². The monoisotopic (exact) mass is 409 g/mol. The van der Waals surface area contributed by atoms with E-state index in [1.165, 1.54) is 5.38 Å². The van der Waals surface area contributed by atoms with Gasteiger partial charge in [0.25, 0.3) is 5.56 Å². The quantitative estimate of drug-likeness (QED) is 0.440. The lowest BCUT2D eigenvalue weighted by Gasteiger charge is -2.08. The number of hydrogen-bond donors (Lipinski definition) is 3. The molecule has 2 heterocycles. The van der Waals surface area contributed by atoms with E-state index in [0.29, 0.717) is 15.5 Å². The van der Waals surface area contributed by atoms with Crippen LogP contribution in [0.4, 0.5) is 5.69 Å². The van der Waals surface area contributed by atoms with E-state index in [-0.39, 0.29) is 27.8 Å². The molecule has 0 fully saturated rings. The summed E-state index contributed by atoms with van der Waals surface area (Å²) in [5.41, 5.74) is 0.872. The highest BCUT2D eigenvalue weighted by atomic mass is 35.5. The van der Waals surface area contributed by atoms with Gasteiger partial charge in [-0.2, -0.15) is 0 Å². The van der Waals surface area contributed by atoms with Crippen LogP contribution in [0.1, 0.15) is 15.9 Å². The number of fused-ring (bicyclic) bond motifs is 1. The lowest BCUT2D eigenvalue weighted by Crippen LogP contribution is -2.16. The molecule has 1 amide bonds. The van der Waals surface area contributed by atoms with E-state index in [1.807, 2.05) is 6.92 Å². The zero-order valence-corrected chi connectivity index (χ0v) is 15.7. The van der Waals surface area contributed by atoms with Gasteiger partial charge >= 0.3 is 5.97 Å². The van der Waals surface area contributed by atoms with Crippen molar-refractivity contribution in [3.63, 3.8) is 0 Å². The third kappa shape index (κ3) is 3.90. The van der Waals surface area contributed by atoms with E-state index < -0.39 is 11.5 Å². The molecule has 3 aromatic rings. The number of thiophene rings is 1. The van der Waals surface area contributed by atoms with E-state index in [2.05, 4.69) is 15.3 Å². The standard InChI is InChI=1S/C16H12ClN3O4S2/c1-7-2-3-8(17)4-10(7)18-11(21)6-26-16-19-13(22)12-9(15(23)24)5-25-14(12)20-16/h2-5H,6H2,1H3,(H,18,21)(H,23,24)(H,19,20,22). The molecule has 0 bridgehead atoms. The van der Waals surface area contributed by atoms with E-state index >= 15 is 0 Å². The summed E-state index contributed by atoms with van der Waals surface area (Å²) in [6.07, 6.45) is 0. The van der Waals surface area contributed by atoms with Crippen LogP contribution in [-0.2, 0) is 4.79 Å². The normalized spacial score (nSPS) is 10.8. The van der Waals surface area contributed by atoms with Crippen molar-refractivity contribution in [1.82, 2.24) is 9.97 Å². The van der Waals surface area contributed by atoms with Gasteiger partial charge in [-0.15, -0.1) is 11.3 Å². The van der Waals surface area contributed by atoms with Crippen molar-refractivity contribution >= 4 is 62.5 Å². The number of nitrogens with one attached hydrogen (secondary N) is 2. The van der Waals surface area contributed by atoms with Gasteiger partial charge in [0.1, 0.15) is 4.83 Å². The number of aromatic nitrogens is 2. The van der Waals surface area contributed by atoms with Crippen LogP contribution in [0.15, 0.2) is 33.5 Å². The Kier molecular flexibility index (Phi) is 5.30. The van der Waals surface area contributed by atoms with E-state index in [4.69, 9.17) is 16.7 Å².